The molecule has 0 saturated heterocycles. The molecule has 1 aliphatic carbocycles. The van der Waals surface area contributed by atoms with Crippen molar-refractivity contribution in [3.05, 3.63) is 20.8 Å². The summed E-state index contributed by atoms with van der Waals surface area (Å²) >= 11 is 5.44. The summed E-state index contributed by atoms with van der Waals surface area (Å²) in [6, 6.07) is 0.676. The molecular weight excluding hydrogens is 258 g/mol. The van der Waals surface area contributed by atoms with Crippen molar-refractivity contribution in [1.82, 2.24) is 5.32 Å². The number of likely N-dealkylation sites (N-methyl/N-ethyl adjacent to an activating group) is 1. The second kappa shape index (κ2) is 4.77. The van der Waals surface area contributed by atoms with Gasteiger partial charge in [-0.1, -0.05) is 12.8 Å². The van der Waals surface area contributed by atoms with Crippen molar-refractivity contribution in [2.45, 2.75) is 37.6 Å². The lowest BCUT2D eigenvalue weighted by Gasteiger charge is -2.31. The minimum atomic E-state index is 0.676. The molecule has 3 heteroatoms. The van der Waals surface area contributed by atoms with Gasteiger partial charge in [0.15, 0.2) is 0 Å². The Balaban J connectivity index is 2.19. The second-order valence-electron chi connectivity index (χ2n) is 3.96. The van der Waals surface area contributed by atoms with Gasteiger partial charge in [-0.2, -0.15) is 11.3 Å². The first kappa shape index (κ1) is 10.7. The van der Waals surface area contributed by atoms with Crippen molar-refractivity contribution in [2.75, 3.05) is 7.05 Å². The summed E-state index contributed by atoms with van der Waals surface area (Å²) in [6.45, 7) is 0. The van der Waals surface area contributed by atoms with Gasteiger partial charge in [0.1, 0.15) is 0 Å². The average molecular weight is 274 g/mol. The number of hydrogen-bond acceptors (Lipinski definition) is 2. The maximum Gasteiger partial charge on any atom is 0.0317 e. The van der Waals surface area contributed by atoms with E-state index in [1.54, 1.807) is 11.3 Å². The monoisotopic (exact) mass is 273 g/mol. The van der Waals surface area contributed by atoms with Crippen LogP contribution in [0.4, 0.5) is 0 Å². The van der Waals surface area contributed by atoms with Crippen LogP contribution >= 0.6 is 27.3 Å². The van der Waals surface area contributed by atoms with Crippen LogP contribution in [0.3, 0.4) is 0 Å². The summed E-state index contributed by atoms with van der Waals surface area (Å²) in [6.07, 6.45) is 5.42. The third-order valence-electron chi connectivity index (χ3n) is 3.18. The minimum Gasteiger partial charge on any atom is -0.316 e. The van der Waals surface area contributed by atoms with Gasteiger partial charge in [-0.15, -0.1) is 0 Å². The Bertz CT molecular complexity index is 297. The van der Waals surface area contributed by atoms with Crippen molar-refractivity contribution >= 4 is 27.3 Å². The van der Waals surface area contributed by atoms with Crippen LogP contribution in [-0.4, -0.2) is 13.1 Å². The van der Waals surface area contributed by atoms with E-state index in [4.69, 9.17) is 0 Å². The smallest absolute Gasteiger partial charge is 0.0317 e. The normalized spacial score (nSPS) is 27.9. The Morgan fingerprint density at radius 2 is 2.14 bits per heavy atom. The van der Waals surface area contributed by atoms with Crippen LogP contribution in [0.5, 0.6) is 0 Å². The van der Waals surface area contributed by atoms with Gasteiger partial charge in [0.25, 0.3) is 0 Å². The van der Waals surface area contributed by atoms with E-state index in [2.05, 4.69) is 39.1 Å². The van der Waals surface area contributed by atoms with Gasteiger partial charge in [0.05, 0.1) is 0 Å². The van der Waals surface area contributed by atoms with Crippen LogP contribution < -0.4 is 5.32 Å². The van der Waals surface area contributed by atoms with E-state index in [0.29, 0.717) is 6.04 Å². The van der Waals surface area contributed by atoms with Crippen molar-refractivity contribution in [3.63, 3.8) is 0 Å². The van der Waals surface area contributed by atoms with Crippen molar-refractivity contribution in [1.29, 1.82) is 0 Å². The highest BCUT2D eigenvalue weighted by atomic mass is 79.9. The Kier molecular flexibility index (Phi) is 3.63. The number of halogens is 1. The van der Waals surface area contributed by atoms with Crippen LogP contribution in [0.2, 0.25) is 0 Å². The van der Waals surface area contributed by atoms with Crippen LogP contribution in [-0.2, 0) is 0 Å². The number of thiophene rings is 1. The van der Waals surface area contributed by atoms with Gasteiger partial charge >= 0.3 is 0 Å². The molecule has 1 saturated carbocycles. The molecule has 1 aromatic rings. The van der Waals surface area contributed by atoms with Crippen molar-refractivity contribution < 1.29 is 0 Å². The molecule has 0 bridgehead atoms. The molecule has 0 spiro atoms. The zero-order chi connectivity index (χ0) is 9.97. The van der Waals surface area contributed by atoms with Gasteiger partial charge in [-0.25, -0.2) is 0 Å². The fourth-order valence-corrected chi connectivity index (χ4v) is 4.06. The predicted molar refractivity (Wildman–Crippen MR) is 66.1 cm³/mol. The molecule has 0 aromatic carbocycles. The Morgan fingerprint density at radius 3 is 2.79 bits per heavy atom. The first-order chi connectivity index (χ1) is 6.83. The molecule has 0 amide bonds. The molecule has 2 unspecified atom stereocenters. The fraction of sp³-hybridized carbons (Fsp3) is 0.636. The Morgan fingerprint density at radius 1 is 1.36 bits per heavy atom. The molecule has 2 atom stereocenters. The second-order valence-corrected chi connectivity index (χ2v) is 5.56. The number of hydrogen-bond donors (Lipinski definition) is 1. The summed E-state index contributed by atoms with van der Waals surface area (Å²) in [5.74, 6) is 0.717. The molecule has 1 aromatic heterocycles. The first-order valence-corrected chi connectivity index (χ1v) is 6.95. The summed E-state index contributed by atoms with van der Waals surface area (Å²) in [5.41, 5.74) is 1.51. The lowest BCUT2D eigenvalue weighted by atomic mass is 9.81. The van der Waals surface area contributed by atoms with E-state index < -0.39 is 0 Å². The standard InChI is InChI=1S/C11H16BrNS/c1-13-11-5-3-2-4-8(11)9-6-14-7-10(9)12/h6-8,11,13H,2-5H2,1H3. The van der Waals surface area contributed by atoms with Gasteiger partial charge in [-0.3, -0.25) is 0 Å². The van der Waals surface area contributed by atoms with Gasteiger partial charge < -0.3 is 5.32 Å². The van der Waals surface area contributed by atoms with Crippen molar-refractivity contribution in [3.8, 4) is 0 Å². The largest absolute Gasteiger partial charge is 0.316 e. The Labute approximate surface area is 98.0 Å². The quantitative estimate of drug-likeness (QED) is 0.866. The van der Waals surface area contributed by atoms with Gasteiger partial charge in [0.2, 0.25) is 0 Å². The topological polar surface area (TPSA) is 12.0 Å². The number of rotatable bonds is 2. The lowest BCUT2D eigenvalue weighted by Crippen LogP contribution is -2.34. The molecule has 78 valence electrons. The lowest BCUT2D eigenvalue weighted by molar-refractivity contribution is 0.344. The van der Waals surface area contributed by atoms with Crippen LogP contribution in [0.1, 0.15) is 37.2 Å². The molecule has 14 heavy (non-hydrogen) atoms. The minimum absolute atomic E-state index is 0.676. The zero-order valence-corrected chi connectivity index (χ0v) is 10.8. The summed E-state index contributed by atoms with van der Waals surface area (Å²) in [4.78, 5) is 0. The summed E-state index contributed by atoms with van der Waals surface area (Å²) in [5, 5.41) is 7.94. The van der Waals surface area contributed by atoms with Crippen LogP contribution in [0.25, 0.3) is 0 Å². The average Bonchev–Trinajstić information content (AvgIpc) is 2.64. The highest BCUT2D eigenvalue weighted by Crippen LogP contribution is 2.38. The molecule has 1 aliphatic rings. The molecule has 2 rings (SSSR count). The molecule has 1 fully saturated rings. The van der Waals surface area contributed by atoms with E-state index >= 15 is 0 Å². The van der Waals surface area contributed by atoms with E-state index in [-0.39, 0.29) is 0 Å². The van der Waals surface area contributed by atoms with Crippen molar-refractivity contribution in [2.24, 2.45) is 0 Å². The van der Waals surface area contributed by atoms with E-state index in [0.717, 1.165) is 5.92 Å². The first-order valence-electron chi connectivity index (χ1n) is 5.21. The van der Waals surface area contributed by atoms with Crippen LogP contribution in [0, 0.1) is 0 Å². The molecule has 1 N–H and O–H groups in total. The zero-order valence-electron chi connectivity index (χ0n) is 8.42. The molecular formula is C11H16BrNS. The maximum absolute atomic E-state index is 3.64. The Hall–Kier alpha value is 0.140. The van der Waals surface area contributed by atoms with Gasteiger partial charge in [0, 0.05) is 21.8 Å². The SMILES string of the molecule is CNC1CCCCC1c1cscc1Br. The molecule has 1 nitrogen and oxygen atoms in total. The molecule has 0 radical (unpaired) electrons. The maximum atomic E-state index is 3.64. The highest BCUT2D eigenvalue weighted by Gasteiger charge is 2.26. The van der Waals surface area contributed by atoms with E-state index in [1.807, 2.05) is 0 Å². The molecule has 1 heterocycles. The summed E-state index contributed by atoms with van der Waals surface area (Å²) < 4.78 is 1.30. The predicted octanol–water partition coefficient (Wildman–Crippen LogP) is 3.76. The summed E-state index contributed by atoms with van der Waals surface area (Å²) in [7, 11) is 2.09. The highest BCUT2D eigenvalue weighted by molar-refractivity contribution is 9.10. The third-order valence-corrected chi connectivity index (χ3v) is 4.93. The molecule has 0 aliphatic heterocycles. The number of nitrogens with one attached hydrogen (secondary N) is 1. The van der Waals surface area contributed by atoms with Crippen LogP contribution in [0.15, 0.2) is 15.2 Å². The van der Waals surface area contributed by atoms with E-state index in [9.17, 15) is 0 Å². The van der Waals surface area contributed by atoms with E-state index in [1.165, 1.54) is 35.7 Å². The fourth-order valence-electron chi connectivity index (χ4n) is 2.40. The van der Waals surface area contributed by atoms with Gasteiger partial charge in [-0.05, 0) is 46.8 Å². The third kappa shape index (κ3) is 2.05.